The van der Waals surface area contributed by atoms with E-state index in [1.807, 2.05) is 12.1 Å². The van der Waals surface area contributed by atoms with E-state index in [-0.39, 0.29) is 18.1 Å². The van der Waals surface area contributed by atoms with Crippen LogP contribution in [0.2, 0.25) is 0 Å². The summed E-state index contributed by atoms with van der Waals surface area (Å²) in [5, 5.41) is 3.10. The standard InChI is InChI=1S/C22H30N2O2S/c1-5-20-15(2)10-21(27-20)22(25)23-11-18-8-6-7-9-19(18)14-24-12-16(3)26-17(4)13-24/h6-10,16-17H,5,11-14H2,1-4H3,(H,23,25). The van der Waals surface area contributed by atoms with E-state index in [0.29, 0.717) is 6.54 Å². The first kappa shape index (κ1) is 20.1. The highest BCUT2D eigenvalue weighted by atomic mass is 32.1. The first-order valence-electron chi connectivity index (χ1n) is 9.78. The minimum Gasteiger partial charge on any atom is -0.373 e. The third-order valence-corrected chi connectivity index (χ3v) is 6.39. The molecule has 0 saturated carbocycles. The second-order valence-electron chi connectivity index (χ2n) is 7.47. The van der Waals surface area contributed by atoms with Crippen LogP contribution >= 0.6 is 11.3 Å². The van der Waals surface area contributed by atoms with Crippen molar-refractivity contribution in [3.8, 4) is 0 Å². The van der Waals surface area contributed by atoms with Crippen LogP contribution in [0.15, 0.2) is 30.3 Å². The van der Waals surface area contributed by atoms with E-state index in [4.69, 9.17) is 4.74 Å². The maximum absolute atomic E-state index is 12.6. The summed E-state index contributed by atoms with van der Waals surface area (Å²) in [6, 6.07) is 10.4. The molecular weight excluding hydrogens is 356 g/mol. The fourth-order valence-corrected chi connectivity index (χ4v) is 4.81. The quantitative estimate of drug-likeness (QED) is 0.811. The molecule has 1 aromatic heterocycles. The molecule has 2 unspecified atom stereocenters. The van der Waals surface area contributed by atoms with Crippen molar-refractivity contribution < 1.29 is 9.53 Å². The van der Waals surface area contributed by atoms with Crippen molar-refractivity contribution in [2.45, 2.75) is 59.4 Å². The zero-order valence-electron chi connectivity index (χ0n) is 16.7. The molecule has 146 valence electrons. The largest absolute Gasteiger partial charge is 0.373 e. The maximum Gasteiger partial charge on any atom is 0.261 e. The number of morpholine rings is 1. The Kier molecular flexibility index (Phi) is 6.68. The van der Waals surface area contributed by atoms with E-state index in [1.165, 1.54) is 21.6 Å². The van der Waals surface area contributed by atoms with E-state index in [2.05, 4.69) is 56.1 Å². The Bertz CT molecular complexity index is 776. The van der Waals surface area contributed by atoms with Gasteiger partial charge in [-0.15, -0.1) is 11.3 Å². The molecule has 2 heterocycles. The zero-order valence-corrected chi connectivity index (χ0v) is 17.6. The maximum atomic E-state index is 12.6. The number of aryl methyl sites for hydroxylation is 2. The predicted molar refractivity (Wildman–Crippen MR) is 111 cm³/mol. The Hall–Kier alpha value is -1.69. The average Bonchev–Trinajstić information content (AvgIpc) is 3.01. The molecule has 1 fully saturated rings. The Morgan fingerprint density at radius 3 is 2.52 bits per heavy atom. The number of carbonyl (C=O) groups is 1. The van der Waals surface area contributed by atoms with Gasteiger partial charge >= 0.3 is 0 Å². The van der Waals surface area contributed by atoms with Crippen molar-refractivity contribution in [1.82, 2.24) is 10.2 Å². The van der Waals surface area contributed by atoms with Crippen LogP contribution in [0.3, 0.4) is 0 Å². The molecule has 0 bridgehead atoms. The Labute approximate surface area is 166 Å². The highest BCUT2D eigenvalue weighted by molar-refractivity contribution is 7.14. The van der Waals surface area contributed by atoms with Crippen LogP contribution in [0.5, 0.6) is 0 Å². The van der Waals surface area contributed by atoms with Crippen molar-refractivity contribution in [2.75, 3.05) is 13.1 Å². The predicted octanol–water partition coefficient (Wildman–Crippen LogP) is 4.16. The fourth-order valence-electron chi connectivity index (χ4n) is 3.78. The molecule has 1 aromatic carbocycles. The van der Waals surface area contributed by atoms with Crippen LogP contribution in [-0.2, 0) is 24.2 Å². The van der Waals surface area contributed by atoms with Crippen molar-refractivity contribution in [3.63, 3.8) is 0 Å². The molecule has 27 heavy (non-hydrogen) atoms. The summed E-state index contributed by atoms with van der Waals surface area (Å²) < 4.78 is 5.84. The molecule has 5 heteroatoms. The fraction of sp³-hybridized carbons (Fsp3) is 0.500. The van der Waals surface area contributed by atoms with Crippen molar-refractivity contribution >= 4 is 17.2 Å². The molecular formula is C22H30N2O2S. The van der Waals surface area contributed by atoms with Crippen molar-refractivity contribution in [1.29, 1.82) is 0 Å². The molecule has 0 radical (unpaired) electrons. The summed E-state index contributed by atoms with van der Waals surface area (Å²) >= 11 is 1.60. The normalized spacial score (nSPS) is 20.6. The molecule has 2 aromatic rings. The number of nitrogens with one attached hydrogen (secondary N) is 1. The smallest absolute Gasteiger partial charge is 0.261 e. The number of thiophene rings is 1. The van der Waals surface area contributed by atoms with Crippen LogP contribution in [-0.4, -0.2) is 36.1 Å². The monoisotopic (exact) mass is 386 g/mol. The first-order chi connectivity index (χ1) is 13.0. The molecule has 0 spiro atoms. The van der Waals surface area contributed by atoms with Crippen LogP contribution in [0.1, 0.15) is 52.0 Å². The van der Waals surface area contributed by atoms with Gasteiger partial charge in [0.15, 0.2) is 0 Å². The number of rotatable bonds is 6. The van der Waals surface area contributed by atoms with Gasteiger partial charge in [-0.3, -0.25) is 9.69 Å². The number of amides is 1. The third-order valence-electron chi connectivity index (χ3n) is 5.01. The highest BCUT2D eigenvalue weighted by Crippen LogP contribution is 2.22. The summed E-state index contributed by atoms with van der Waals surface area (Å²) in [6.07, 6.45) is 1.49. The number of carbonyl (C=O) groups excluding carboxylic acids is 1. The number of hydrogen-bond acceptors (Lipinski definition) is 4. The SMILES string of the molecule is CCc1sc(C(=O)NCc2ccccc2CN2CC(C)OC(C)C2)cc1C. The lowest BCUT2D eigenvalue weighted by atomic mass is 10.1. The van der Waals surface area contributed by atoms with Crippen molar-refractivity contribution in [2.24, 2.45) is 0 Å². The molecule has 1 N–H and O–H groups in total. The second kappa shape index (κ2) is 9.00. The minimum atomic E-state index is 0.0196. The van der Waals surface area contributed by atoms with Crippen molar-refractivity contribution in [3.05, 3.63) is 56.8 Å². The van der Waals surface area contributed by atoms with Gasteiger partial charge in [0.05, 0.1) is 17.1 Å². The lowest BCUT2D eigenvalue weighted by Gasteiger charge is -2.35. The summed E-state index contributed by atoms with van der Waals surface area (Å²) in [6.45, 7) is 11.8. The summed E-state index contributed by atoms with van der Waals surface area (Å²) in [7, 11) is 0. The van der Waals surface area contributed by atoms with Gasteiger partial charge in [-0.2, -0.15) is 0 Å². The number of benzene rings is 1. The van der Waals surface area contributed by atoms with Crippen LogP contribution in [0.25, 0.3) is 0 Å². The van der Waals surface area contributed by atoms with Gasteiger partial charge < -0.3 is 10.1 Å². The number of ether oxygens (including phenoxy) is 1. The van der Waals surface area contributed by atoms with E-state index in [0.717, 1.165) is 30.9 Å². The summed E-state index contributed by atoms with van der Waals surface area (Å²) in [5.74, 6) is 0.0196. The van der Waals surface area contributed by atoms with Gasteiger partial charge in [0.2, 0.25) is 0 Å². The molecule has 3 rings (SSSR count). The van der Waals surface area contributed by atoms with Gasteiger partial charge in [0.25, 0.3) is 5.91 Å². The lowest BCUT2D eigenvalue weighted by molar-refractivity contribution is -0.0705. The summed E-state index contributed by atoms with van der Waals surface area (Å²) in [4.78, 5) is 17.1. The van der Waals surface area contributed by atoms with Gasteiger partial charge in [-0.25, -0.2) is 0 Å². The second-order valence-corrected chi connectivity index (χ2v) is 8.61. The third kappa shape index (κ3) is 5.18. The molecule has 4 nitrogen and oxygen atoms in total. The van der Waals surface area contributed by atoms with E-state index in [9.17, 15) is 4.79 Å². The first-order valence-corrected chi connectivity index (χ1v) is 10.6. The van der Waals surface area contributed by atoms with E-state index in [1.54, 1.807) is 11.3 Å². The molecule has 1 aliphatic heterocycles. The molecule has 1 aliphatic rings. The Balaban J connectivity index is 1.64. The van der Waals surface area contributed by atoms with E-state index < -0.39 is 0 Å². The topological polar surface area (TPSA) is 41.6 Å². The van der Waals surface area contributed by atoms with Gasteiger partial charge in [-0.05, 0) is 49.9 Å². The van der Waals surface area contributed by atoms with Gasteiger partial charge in [0.1, 0.15) is 0 Å². The molecule has 1 saturated heterocycles. The molecule has 1 amide bonds. The highest BCUT2D eigenvalue weighted by Gasteiger charge is 2.22. The molecule has 2 atom stereocenters. The van der Waals surface area contributed by atoms with Crippen LogP contribution < -0.4 is 5.32 Å². The Morgan fingerprint density at radius 1 is 1.22 bits per heavy atom. The van der Waals surface area contributed by atoms with Crippen LogP contribution in [0.4, 0.5) is 0 Å². The van der Waals surface area contributed by atoms with Gasteiger partial charge in [-0.1, -0.05) is 31.2 Å². The number of hydrogen-bond donors (Lipinski definition) is 1. The van der Waals surface area contributed by atoms with E-state index >= 15 is 0 Å². The van der Waals surface area contributed by atoms with Crippen LogP contribution in [0, 0.1) is 6.92 Å². The van der Waals surface area contributed by atoms with Gasteiger partial charge in [0, 0.05) is 31.1 Å². The Morgan fingerprint density at radius 2 is 1.89 bits per heavy atom. The number of nitrogens with zero attached hydrogens (tertiary/aromatic N) is 1. The lowest BCUT2D eigenvalue weighted by Crippen LogP contribution is -2.45. The average molecular weight is 387 g/mol. The summed E-state index contributed by atoms with van der Waals surface area (Å²) in [5.41, 5.74) is 3.67. The minimum absolute atomic E-state index is 0.0196. The molecule has 0 aliphatic carbocycles. The zero-order chi connectivity index (χ0) is 19.4.